The molecule has 0 bridgehead atoms. The van der Waals surface area contributed by atoms with Gasteiger partial charge in [0, 0.05) is 5.69 Å². The Morgan fingerprint density at radius 2 is 1.74 bits per heavy atom. The van der Waals surface area contributed by atoms with Gasteiger partial charge in [-0.3, -0.25) is 9.10 Å². The van der Waals surface area contributed by atoms with Crippen molar-refractivity contribution in [1.82, 2.24) is 0 Å². The van der Waals surface area contributed by atoms with Crippen LogP contribution in [0.25, 0.3) is 0 Å². The number of rotatable bonds is 5. The van der Waals surface area contributed by atoms with Gasteiger partial charge >= 0.3 is 5.97 Å². The van der Waals surface area contributed by atoms with Crippen molar-refractivity contribution in [1.29, 1.82) is 0 Å². The van der Waals surface area contributed by atoms with Crippen molar-refractivity contribution in [3.8, 4) is 0 Å². The van der Waals surface area contributed by atoms with Crippen LogP contribution in [-0.2, 0) is 19.6 Å². The first-order valence-electron chi connectivity index (χ1n) is 6.87. The summed E-state index contributed by atoms with van der Waals surface area (Å²) >= 11 is 0. The van der Waals surface area contributed by atoms with E-state index in [0.29, 0.717) is 11.4 Å². The van der Waals surface area contributed by atoms with Crippen molar-refractivity contribution in [2.75, 3.05) is 23.7 Å². The number of hydrogen-bond acceptors (Lipinski definition) is 5. The summed E-state index contributed by atoms with van der Waals surface area (Å²) in [5.74, 6) is -0.646. The molecule has 0 aromatic heterocycles. The Balaban J connectivity index is 2.54. The topological polar surface area (TPSA) is 89.7 Å². The van der Waals surface area contributed by atoms with Crippen LogP contribution in [0, 0.1) is 6.92 Å². The predicted octanol–water partition coefficient (Wildman–Crippen LogP) is 1.95. The van der Waals surface area contributed by atoms with Gasteiger partial charge in [-0.1, -0.05) is 18.2 Å². The molecule has 0 amide bonds. The summed E-state index contributed by atoms with van der Waals surface area (Å²) in [5, 5.41) is 0. The molecule has 0 saturated carbocycles. The molecule has 2 aromatic carbocycles. The van der Waals surface area contributed by atoms with Gasteiger partial charge in [0.2, 0.25) is 0 Å². The average Bonchev–Trinajstić information content (AvgIpc) is 2.53. The molecule has 0 spiro atoms. The van der Waals surface area contributed by atoms with Gasteiger partial charge in [-0.2, -0.15) is 0 Å². The highest BCUT2D eigenvalue weighted by Crippen LogP contribution is 2.27. The van der Waals surface area contributed by atoms with Crippen LogP contribution in [0.4, 0.5) is 11.4 Å². The van der Waals surface area contributed by atoms with Crippen LogP contribution in [0.2, 0.25) is 0 Å². The van der Waals surface area contributed by atoms with Crippen molar-refractivity contribution in [3.63, 3.8) is 0 Å². The number of aryl methyl sites for hydroxylation is 1. The van der Waals surface area contributed by atoms with Gasteiger partial charge in [0.15, 0.2) is 0 Å². The monoisotopic (exact) mass is 334 g/mol. The summed E-state index contributed by atoms with van der Waals surface area (Å²) < 4.78 is 31.5. The number of nitrogens with two attached hydrogens (primary N) is 1. The molecule has 6 nitrogen and oxygen atoms in total. The van der Waals surface area contributed by atoms with Gasteiger partial charge in [0.25, 0.3) is 10.0 Å². The zero-order chi connectivity index (χ0) is 17.0. The number of para-hydroxylation sites is 1. The third-order valence-corrected chi connectivity index (χ3v) is 5.13. The second kappa shape index (κ2) is 6.70. The summed E-state index contributed by atoms with van der Waals surface area (Å²) in [6.45, 7) is 1.37. The largest absolute Gasteiger partial charge is 0.468 e. The summed E-state index contributed by atoms with van der Waals surface area (Å²) in [4.78, 5) is 11.7. The van der Waals surface area contributed by atoms with E-state index in [9.17, 15) is 13.2 Å². The van der Waals surface area contributed by atoms with Crippen LogP contribution < -0.4 is 10.0 Å². The van der Waals surface area contributed by atoms with E-state index in [2.05, 4.69) is 4.74 Å². The molecule has 122 valence electrons. The Kier molecular flexibility index (Phi) is 4.90. The molecular formula is C16H18N2O4S. The number of carbonyl (C=O) groups is 1. The van der Waals surface area contributed by atoms with Crippen LogP contribution in [-0.4, -0.2) is 28.0 Å². The number of nitrogens with zero attached hydrogens (tertiary/aromatic N) is 1. The average molecular weight is 334 g/mol. The summed E-state index contributed by atoms with van der Waals surface area (Å²) in [5.41, 5.74) is 7.22. The van der Waals surface area contributed by atoms with Crippen LogP contribution in [0.3, 0.4) is 0 Å². The van der Waals surface area contributed by atoms with Crippen molar-refractivity contribution in [2.45, 2.75) is 11.8 Å². The Bertz CT molecular complexity index is 801. The minimum absolute atomic E-state index is 0.0545. The van der Waals surface area contributed by atoms with E-state index in [4.69, 9.17) is 5.73 Å². The molecule has 0 heterocycles. The smallest absolute Gasteiger partial charge is 0.326 e. The number of anilines is 2. The zero-order valence-electron chi connectivity index (χ0n) is 12.9. The summed E-state index contributed by atoms with van der Waals surface area (Å²) in [6, 6.07) is 12.8. The Hall–Kier alpha value is -2.54. The number of sulfonamides is 1. The molecule has 0 aliphatic heterocycles. The lowest BCUT2D eigenvalue weighted by atomic mass is 10.2. The quantitative estimate of drug-likeness (QED) is 0.667. The van der Waals surface area contributed by atoms with Gasteiger partial charge < -0.3 is 10.5 Å². The molecule has 7 heteroatoms. The molecule has 0 unspecified atom stereocenters. The van der Waals surface area contributed by atoms with Gasteiger partial charge in [-0.25, -0.2) is 8.42 Å². The molecule has 2 rings (SSSR count). The SMILES string of the molecule is COC(=O)CN(c1ccccc1C)S(=O)(=O)c1ccc(N)cc1. The van der Waals surface area contributed by atoms with Gasteiger partial charge in [0.05, 0.1) is 17.7 Å². The number of nitrogen functional groups attached to an aromatic ring is 1. The maximum Gasteiger partial charge on any atom is 0.326 e. The Labute approximate surface area is 135 Å². The van der Waals surface area contributed by atoms with Crippen LogP contribution in [0.1, 0.15) is 5.56 Å². The first kappa shape index (κ1) is 16.8. The fraction of sp³-hybridized carbons (Fsp3) is 0.188. The molecule has 23 heavy (non-hydrogen) atoms. The van der Waals surface area contributed by atoms with Crippen molar-refractivity contribution in [2.24, 2.45) is 0 Å². The van der Waals surface area contributed by atoms with E-state index in [1.54, 1.807) is 31.2 Å². The fourth-order valence-corrected chi connectivity index (χ4v) is 3.57. The lowest BCUT2D eigenvalue weighted by molar-refractivity contribution is -0.138. The van der Waals surface area contributed by atoms with E-state index in [-0.39, 0.29) is 4.90 Å². The molecule has 0 aliphatic carbocycles. The molecule has 2 aromatic rings. The molecule has 0 saturated heterocycles. The van der Waals surface area contributed by atoms with Crippen molar-refractivity contribution >= 4 is 27.4 Å². The van der Waals surface area contributed by atoms with E-state index >= 15 is 0 Å². The Morgan fingerprint density at radius 1 is 1.13 bits per heavy atom. The molecular weight excluding hydrogens is 316 g/mol. The molecule has 0 radical (unpaired) electrons. The van der Waals surface area contributed by atoms with E-state index in [1.165, 1.54) is 31.4 Å². The second-order valence-electron chi connectivity index (χ2n) is 4.94. The third kappa shape index (κ3) is 3.62. The van der Waals surface area contributed by atoms with Crippen LogP contribution in [0.15, 0.2) is 53.4 Å². The highest BCUT2D eigenvalue weighted by molar-refractivity contribution is 7.92. The number of hydrogen-bond donors (Lipinski definition) is 1. The Morgan fingerprint density at radius 3 is 2.30 bits per heavy atom. The molecule has 0 atom stereocenters. The predicted molar refractivity (Wildman–Crippen MR) is 88.6 cm³/mol. The van der Waals surface area contributed by atoms with Gasteiger partial charge in [-0.15, -0.1) is 0 Å². The number of ether oxygens (including phenoxy) is 1. The molecule has 2 N–H and O–H groups in total. The first-order chi connectivity index (χ1) is 10.9. The van der Waals surface area contributed by atoms with Crippen molar-refractivity contribution in [3.05, 3.63) is 54.1 Å². The maximum absolute atomic E-state index is 12.9. The number of carbonyl (C=O) groups excluding carboxylic acids is 1. The lowest BCUT2D eigenvalue weighted by Gasteiger charge is -2.25. The fourth-order valence-electron chi connectivity index (χ4n) is 2.09. The normalized spacial score (nSPS) is 11.0. The van der Waals surface area contributed by atoms with Crippen LogP contribution >= 0.6 is 0 Å². The minimum atomic E-state index is -3.92. The first-order valence-corrected chi connectivity index (χ1v) is 8.31. The molecule has 0 fully saturated rings. The number of benzene rings is 2. The lowest BCUT2D eigenvalue weighted by Crippen LogP contribution is -2.36. The maximum atomic E-state index is 12.9. The van der Waals surface area contributed by atoms with E-state index in [0.717, 1.165) is 9.87 Å². The summed E-state index contributed by atoms with van der Waals surface area (Å²) in [7, 11) is -2.71. The zero-order valence-corrected chi connectivity index (χ0v) is 13.7. The summed E-state index contributed by atoms with van der Waals surface area (Å²) in [6.07, 6.45) is 0. The standard InChI is InChI=1S/C16H18N2O4S/c1-12-5-3-4-6-15(12)18(11-16(19)22-2)23(20,21)14-9-7-13(17)8-10-14/h3-10H,11,17H2,1-2H3. The number of esters is 1. The highest BCUT2D eigenvalue weighted by atomic mass is 32.2. The second-order valence-corrected chi connectivity index (χ2v) is 6.81. The number of methoxy groups -OCH3 is 1. The van der Waals surface area contributed by atoms with Crippen LogP contribution in [0.5, 0.6) is 0 Å². The van der Waals surface area contributed by atoms with E-state index < -0.39 is 22.5 Å². The molecule has 0 aliphatic rings. The van der Waals surface area contributed by atoms with Gasteiger partial charge in [-0.05, 0) is 42.8 Å². The van der Waals surface area contributed by atoms with Gasteiger partial charge in [0.1, 0.15) is 6.54 Å². The third-order valence-electron chi connectivity index (χ3n) is 3.35. The highest BCUT2D eigenvalue weighted by Gasteiger charge is 2.28. The van der Waals surface area contributed by atoms with E-state index in [1.807, 2.05) is 0 Å². The van der Waals surface area contributed by atoms with Crippen molar-refractivity contribution < 1.29 is 17.9 Å². The minimum Gasteiger partial charge on any atom is -0.468 e.